The van der Waals surface area contributed by atoms with Gasteiger partial charge < -0.3 is 14.4 Å². The Morgan fingerprint density at radius 3 is 2.50 bits per heavy atom. The van der Waals surface area contributed by atoms with Gasteiger partial charge in [-0.3, -0.25) is 9.59 Å². The molecule has 7 heteroatoms. The number of carbonyl (C=O) groups excluding carboxylic acids is 2. The Morgan fingerprint density at radius 2 is 1.82 bits per heavy atom. The van der Waals surface area contributed by atoms with Crippen molar-refractivity contribution in [3.8, 4) is 0 Å². The second-order valence-corrected chi connectivity index (χ2v) is 10.1. The van der Waals surface area contributed by atoms with Crippen molar-refractivity contribution in [2.24, 2.45) is 0 Å². The molecular formula is C27H29ClFN3O2. The number of hydrogen-bond donors (Lipinski definition) is 0. The Morgan fingerprint density at radius 1 is 1.09 bits per heavy atom. The molecule has 0 saturated heterocycles. The molecule has 2 aromatic carbocycles. The number of hydrogen-bond acceptors (Lipinski definition) is 2. The minimum absolute atomic E-state index is 0.0968. The average Bonchev–Trinajstić information content (AvgIpc) is 3.27. The summed E-state index contributed by atoms with van der Waals surface area (Å²) in [6.07, 6.45) is 2.00. The van der Waals surface area contributed by atoms with Crippen LogP contribution in [0.1, 0.15) is 54.0 Å². The summed E-state index contributed by atoms with van der Waals surface area (Å²) in [6, 6.07) is 15.4. The molecule has 2 amide bonds. The Labute approximate surface area is 204 Å². The van der Waals surface area contributed by atoms with Crippen LogP contribution in [-0.2, 0) is 11.3 Å². The minimum atomic E-state index is -0.620. The summed E-state index contributed by atoms with van der Waals surface area (Å²) in [6.45, 7) is 8.36. The molecular weight excluding hydrogens is 453 g/mol. The molecule has 2 heterocycles. The molecule has 0 spiro atoms. The SMILES string of the molecule is Cc1cc(C(=O)N(CC(=O)N2CCn3cccc3[C@H]2c2ccccc2Cl)C(C)(C)C)ccc1F. The number of carbonyl (C=O) groups is 2. The number of rotatable bonds is 4. The largest absolute Gasteiger partial charge is 0.348 e. The number of aromatic nitrogens is 1. The first-order chi connectivity index (χ1) is 16.1. The molecule has 178 valence electrons. The molecule has 0 radical (unpaired) electrons. The molecule has 0 N–H and O–H groups in total. The third-order valence-corrected chi connectivity index (χ3v) is 6.66. The molecule has 0 aliphatic carbocycles. The third kappa shape index (κ3) is 4.60. The Bertz CT molecular complexity index is 1230. The summed E-state index contributed by atoms with van der Waals surface area (Å²) < 4.78 is 15.9. The molecule has 1 aromatic heterocycles. The van der Waals surface area contributed by atoms with E-state index in [4.69, 9.17) is 11.6 Å². The minimum Gasteiger partial charge on any atom is -0.348 e. The molecule has 1 aliphatic rings. The maximum absolute atomic E-state index is 13.8. The van der Waals surface area contributed by atoms with Crippen LogP contribution in [0.4, 0.5) is 4.39 Å². The van der Waals surface area contributed by atoms with Gasteiger partial charge in [-0.1, -0.05) is 29.8 Å². The fourth-order valence-electron chi connectivity index (χ4n) is 4.45. The van der Waals surface area contributed by atoms with Gasteiger partial charge in [0.15, 0.2) is 0 Å². The highest BCUT2D eigenvalue weighted by molar-refractivity contribution is 6.31. The monoisotopic (exact) mass is 481 g/mol. The lowest BCUT2D eigenvalue weighted by molar-refractivity contribution is -0.135. The van der Waals surface area contributed by atoms with Gasteiger partial charge in [0, 0.05) is 41.1 Å². The molecule has 1 atom stereocenters. The molecule has 5 nitrogen and oxygen atoms in total. The quantitative estimate of drug-likeness (QED) is 0.496. The number of nitrogens with zero attached hydrogens (tertiary/aromatic N) is 3. The highest BCUT2D eigenvalue weighted by Crippen LogP contribution is 2.36. The number of halogens is 2. The lowest BCUT2D eigenvalue weighted by atomic mass is 9.99. The van der Waals surface area contributed by atoms with Crippen LogP contribution in [0.3, 0.4) is 0 Å². The van der Waals surface area contributed by atoms with Gasteiger partial charge in [0.25, 0.3) is 5.91 Å². The zero-order chi connectivity index (χ0) is 24.6. The van der Waals surface area contributed by atoms with Crippen molar-refractivity contribution in [1.29, 1.82) is 0 Å². The molecule has 0 fully saturated rings. The van der Waals surface area contributed by atoms with Crippen molar-refractivity contribution in [3.63, 3.8) is 0 Å². The van der Waals surface area contributed by atoms with Crippen LogP contribution in [0, 0.1) is 12.7 Å². The van der Waals surface area contributed by atoms with E-state index in [9.17, 15) is 14.0 Å². The highest BCUT2D eigenvalue weighted by atomic mass is 35.5. The molecule has 0 unspecified atom stereocenters. The van der Waals surface area contributed by atoms with Crippen molar-refractivity contribution >= 4 is 23.4 Å². The van der Waals surface area contributed by atoms with Gasteiger partial charge >= 0.3 is 0 Å². The van der Waals surface area contributed by atoms with Crippen LogP contribution < -0.4 is 0 Å². The van der Waals surface area contributed by atoms with E-state index in [0.29, 0.717) is 29.2 Å². The van der Waals surface area contributed by atoms with E-state index >= 15 is 0 Å². The van der Waals surface area contributed by atoms with Crippen LogP contribution >= 0.6 is 11.6 Å². The predicted octanol–water partition coefficient (Wildman–Crippen LogP) is 5.46. The predicted molar refractivity (Wildman–Crippen MR) is 131 cm³/mol. The topological polar surface area (TPSA) is 45.6 Å². The van der Waals surface area contributed by atoms with Gasteiger partial charge in [0.2, 0.25) is 5.91 Å². The second kappa shape index (κ2) is 9.26. The number of fused-ring (bicyclic) bond motifs is 1. The smallest absolute Gasteiger partial charge is 0.254 e. The fourth-order valence-corrected chi connectivity index (χ4v) is 4.69. The maximum Gasteiger partial charge on any atom is 0.254 e. The van der Waals surface area contributed by atoms with Crippen LogP contribution in [0.15, 0.2) is 60.8 Å². The molecule has 4 rings (SSSR count). The van der Waals surface area contributed by atoms with Gasteiger partial charge in [0.05, 0.1) is 6.04 Å². The van der Waals surface area contributed by atoms with Crippen molar-refractivity contribution in [1.82, 2.24) is 14.4 Å². The van der Waals surface area contributed by atoms with Crippen LogP contribution in [0.2, 0.25) is 5.02 Å². The summed E-state index contributed by atoms with van der Waals surface area (Å²) >= 11 is 6.56. The number of amides is 2. The van der Waals surface area contributed by atoms with Crippen molar-refractivity contribution < 1.29 is 14.0 Å². The lowest BCUT2D eigenvalue weighted by Crippen LogP contribution is -2.53. The van der Waals surface area contributed by atoms with Crippen LogP contribution in [-0.4, -0.2) is 44.8 Å². The normalized spacial score (nSPS) is 15.7. The summed E-state index contributed by atoms with van der Waals surface area (Å²) in [5, 5.41) is 0.588. The average molecular weight is 482 g/mol. The molecule has 1 aliphatic heterocycles. The zero-order valence-corrected chi connectivity index (χ0v) is 20.6. The first-order valence-corrected chi connectivity index (χ1v) is 11.7. The zero-order valence-electron chi connectivity index (χ0n) is 19.9. The Kier molecular flexibility index (Phi) is 6.54. The summed E-state index contributed by atoms with van der Waals surface area (Å²) in [5.74, 6) is -0.841. The number of benzene rings is 2. The first kappa shape index (κ1) is 24.0. The van der Waals surface area contributed by atoms with Crippen LogP contribution in [0.5, 0.6) is 0 Å². The van der Waals surface area contributed by atoms with E-state index in [-0.39, 0.29) is 30.2 Å². The Hall–Kier alpha value is -3.12. The third-order valence-electron chi connectivity index (χ3n) is 6.31. The fraction of sp³-hybridized carbons (Fsp3) is 0.333. The van der Waals surface area contributed by atoms with Gasteiger partial charge in [-0.05, 0) is 75.2 Å². The summed E-state index contributed by atoms with van der Waals surface area (Å²) in [4.78, 5) is 30.6. The number of aryl methyl sites for hydroxylation is 1. The molecule has 34 heavy (non-hydrogen) atoms. The van der Waals surface area contributed by atoms with Crippen molar-refractivity contribution in [3.05, 3.63) is 94.0 Å². The van der Waals surface area contributed by atoms with E-state index in [0.717, 1.165) is 11.3 Å². The van der Waals surface area contributed by atoms with Crippen molar-refractivity contribution in [2.45, 2.75) is 45.8 Å². The molecule has 0 bridgehead atoms. The first-order valence-electron chi connectivity index (χ1n) is 11.3. The van der Waals surface area contributed by atoms with E-state index in [1.165, 1.54) is 18.2 Å². The van der Waals surface area contributed by atoms with E-state index in [1.54, 1.807) is 16.7 Å². The summed E-state index contributed by atoms with van der Waals surface area (Å²) in [7, 11) is 0. The van der Waals surface area contributed by atoms with E-state index in [2.05, 4.69) is 4.57 Å². The maximum atomic E-state index is 13.8. The highest BCUT2D eigenvalue weighted by Gasteiger charge is 2.36. The van der Waals surface area contributed by atoms with Gasteiger partial charge in [0.1, 0.15) is 12.4 Å². The van der Waals surface area contributed by atoms with Crippen molar-refractivity contribution in [2.75, 3.05) is 13.1 Å². The Balaban J connectivity index is 1.67. The standard InChI is InChI=1S/C27H29ClFN3O2/c1-18-16-19(11-12-22(18)29)26(34)32(27(2,3)4)17-24(33)31-15-14-30-13-7-10-23(30)25(31)20-8-5-6-9-21(20)28/h5-13,16,25H,14-15,17H2,1-4H3/t25-/m1/s1. The van der Waals surface area contributed by atoms with Crippen LogP contribution in [0.25, 0.3) is 0 Å². The second-order valence-electron chi connectivity index (χ2n) is 9.66. The molecule has 3 aromatic rings. The summed E-state index contributed by atoms with van der Waals surface area (Å²) in [5.41, 5.74) is 1.96. The van der Waals surface area contributed by atoms with Gasteiger partial charge in [-0.25, -0.2) is 4.39 Å². The van der Waals surface area contributed by atoms with E-state index < -0.39 is 5.54 Å². The van der Waals surface area contributed by atoms with E-state index in [1.807, 2.05) is 63.4 Å². The van der Waals surface area contributed by atoms with Gasteiger partial charge in [-0.2, -0.15) is 0 Å². The van der Waals surface area contributed by atoms with Gasteiger partial charge in [-0.15, -0.1) is 0 Å². The lowest BCUT2D eigenvalue weighted by Gasteiger charge is -2.41. The molecule has 0 saturated carbocycles.